The highest BCUT2D eigenvalue weighted by atomic mass is 19.1. The minimum Gasteiger partial charge on any atom is -0.384 e. The van der Waals surface area contributed by atoms with Gasteiger partial charge in [-0.25, -0.2) is 4.39 Å². The molecule has 1 aromatic carbocycles. The summed E-state index contributed by atoms with van der Waals surface area (Å²) < 4.78 is 13.6. The number of halogens is 1. The molecule has 0 unspecified atom stereocenters. The summed E-state index contributed by atoms with van der Waals surface area (Å²) in [7, 11) is 2.09. The van der Waals surface area contributed by atoms with Crippen LogP contribution in [0.2, 0.25) is 0 Å². The fourth-order valence-electron chi connectivity index (χ4n) is 2.97. The van der Waals surface area contributed by atoms with E-state index in [2.05, 4.69) is 23.8 Å². The molecule has 2 nitrogen and oxygen atoms in total. The fourth-order valence-corrected chi connectivity index (χ4v) is 2.97. The van der Waals surface area contributed by atoms with Crippen molar-refractivity contribution in [3.8, 4) is 11.8 Å². The third-order valence-electron chi connectivity index (χ3n) is 3.77. The topological polar surface area (TPSA) is 23.5 Å². The zero-order valence-corrected chi connectivity index (χ0v) is 12.0. The van der Waals surface area contributed by atoms with Gasteiger partial charge in [-0.15, -0.1) is 0 Å². The maximum Gasteiger partial charge on any atom is 0.124 e. The molecule has 20 heavy (non-hydrogen) atoms. The van der Waals surface area contributed by atoms with E-state index in [9.17, 15) is 4.39 Å². The summed E-state index contributed by atoms with van der Waals surface area (Å²) in [6.45, 7) is 1.61. The molecule has 1 fully saturated rings. The van der Waals surface area contributed by atoms with E-state index in [1.54, 1.807) is 6.07 Å². The minimum atomic E-state index is -0.265. The summed E-state index contributed by atoms with van der Waals surface area (Å²) in [5, 5.41) is 8.70. The van der Waals surface area contributed by atoms with Crippen LogP contribution in [0.5, 0.6) is 0 Å². The van der Waals surface area contributed by atoms with Gasteiger partial charge < -0.3 is 10.0 Å². The van der Waals surface area contributed by atoms with Crippen molar-refractivity contribution >= 4 is 0 Å². The second-order valence-corrected chi connectivity index (χ2v) is 5.66. The molecule has 0 heterocycles. The van der Waals surface area contributed by atoms with Gasteiger partial charge in [0.1, 0.15) is 12.4 Å². The standard InChI is InChI=1S/C17H22FNO/c1-19(12-14-5-2-3-6-14)13-16-9-15(7-4-8-20)10-17(18)11-16/h9-11,14,20H,2-3,5-6,8,12-13H2,1H3. The van der Waals surface area contributed by atoms with Crippen LogP contribution in [0.1, 0.15) is 36.8 Å². The monoisotopic (exact) mass is 275 g/mol. The number of hydrogen-bond acceptors (Lipinski definition) is 2. The summed E-state index contributed by atoms with van der Waals surface area (Å²) in [5.74, 6) is 5.85. The summed E-state index contributed by atoms with van der Waals surface area (Å²) >= 11 is 0. The van der Waals surface area contributed by atoms with Crippen LogP contribution < -0.4 is 0 Å². The number of hydrogen-bond donors (Lipinski definition) is 1. The molecule has 1 aliphatic rings. The SMILES string of the molecule is CN(Cc1cc(F)cc(C#CCO)c1)CC1CCCC1. The van der Waals surface area contributed by atoms with Gasteiger partial charge in [0.2, 0.25) is 0 Å². The van der Waals surface area contributed by atoms with Crippen LogP contribution in [0, 0.1) is 23.6 Å². The average Bonchev–Trinajstić information content (AvgIpc) is 2.88. The van der Waals surface area contributed by atoms with Gasteiger partial charge in [0.05, 0.1) is 0 Å². The minimum absolute atomic E-state index is 0.201. The molecule has 108 valence electrons. The van der Waals surface area contributed by atoms with Gasteiger partial charge in [0.25, 0.3) is 0 Å². The predicted molar refractivity (Wildman–Crippen MR) is 78.7 cm³/mol. The third kappa shape index (κ3) is 4.63. The highest BCUT2D eigenvalue weighted by Crippen LogP contribution is 2.25. The first-order valence-electron chi connectivity index (χ1n) is 7.25. The van der Waals surface area contributed by atoms with Crippen molar-refractivity contribution in [2.75, 3.05) is 20.2 Å². The van der Waals surface area contributed by atoms with Crippen LogP contribution in [0.15, 0.2) is 18.2 Å². The summed E-state index contributed by atoms with van der Waals surface area (Å²) in [4.78, 5) is 2.26. The quantitative estimate of drug-likeness (QED) is 0.854. The van der Waals surface area contributed by atoms with E-state index in [0.29, 0.717) is 5.56 Å². The maximum absolute atomic E-state index is 13.6. The summed E-state index contributed by atoms with van der Waals surface area (Å²) in [5.41, 5.74) is 1.57. The van der Waals surface area contributed by atoms with E-state index >= 15 is 0 Å². The molecule has 0 aromatic heterocycles. The number of aliphatic hydroxyl groups excluding tert-OH is 1. The molecule has 0 radical (unpaired) electrons. The summed E-state index contributed by atoms with van der Waals surface area (Å²) in [6, 6.07) is 4.87. The van der Waals surface area contributed by atoms with E-state index in [-0.39, 0.29) is 12.4 Å². The van der Waals surface area contributed by atoms with Crippen molar-refractivity contribution in [1.82, 2.24) is 4.90 Å². The van der Waals surface area contributed by atoms with Crippen LogP contribution >= 0.6 is 0 Å². The Morgan fingerprint density at radius 1 is 1.30 bits per heavy atom. The molecule has 0 atom stereocenters. The van der Waals surface area contributed by atoms with Crippen molar-refractivity contribution in [2.24, 2.45) is 5.92 Å². The Kier molecular flexibility index (Phi) is 5.58. The smallest absolute Gasteiger partial charge is 0.124 e. The Hall–Kier alpha value is -1.37. The first kappa shape index (κ1) is 15.0. The molecule has 0 spiro atoms. The van der Waals surface area contributed by atoms with Crippen molar-refractivity contribution in [2.45, 2.75) is 32.2 Å². The summed E-state index contributed by atoms with van der Waals surface area (Å²) in [6.07, 6.45) is 5.33. The van der Waals surface area contributed by atoms with Crippen molar-refractivity contribution in [3.63, 3.8) is 0 Å². The lowest BCUT2D eigenvalue weighted by molar-refractivity contribution is 0.271. The van der Waals surface area contributed by atoms with Crippen LogP contribution in [-0.4, -0.2) is 30.2 Å². The second kappa shape index (κ2) is 7.42. The zero-order valence-electron chi connectivity index (χ0n) is 12.0. The van der Waals surface area contributed by atoms with Crippen LogP contribution in [-0.2, 0) is 6.54 Å². The van der Waals surface area contributed by atoms with E-state index < -0.39 is 0 Å². The molecule has 1 aliphatic carbocycles. The molecular weight excluding hydrogens is 253 g/mol. The van der Waals surface area contributed by atoms with Gasteiger partial charge in [0, 0.05) is 18.7 Å². The first-order valence-corrected chi connectivity index (χ1v) is 7.25. The Morgan fingerprint density at radius 2 is 2.05 bits per heavy atom. The number of aliphatic hydroxyl groups is 1. The molecule has 0 bridgehead atoms. The predicted octanol–water partition coefficient (Wildman–Crippen LogP) is 2.79. The Morgan fingerprint density at radius 3 is 2.75 bits per heavy atom. The lowest BCUT2D eigenvalue weighted by atomic mass is 10.1. The first-order chi connectivity index (χ1) is 9.67. The molecular formula is C17H22FNO. The van der Waals surface area contributed by atoms with Crippen molar-refractivity contribution < 1.29 is 9.50 Å². The molecule has 0 aliphatic heterocycles. The van der Waals surface area contributed by atoms with Crippen molar-refractivity contribution in [1.29, 1.82) is 0 Å². The fraction of sp³-hybridized carbons (Fsp3) is 0.529. The number of rotatable bonds is 4. The lowest BCUT2D eigenvalue weighted by Crippen LogP contribution is -2.24. The zero-order chi connectivity index (χ0) is 14.4. The van der Waals surface area contributed by atoms with Crippen molar-refractivity contribution in [3.05, 3.63) is 35.1 Å². The highest BCUT2D eigenvalue weighted by molar-refractivity contribution is 5.37. The van der Waals surface area contributed by atoms with Gasteiger partial charge in [-0.3, -0.25) is 0 Å². The van der Waals surface area contributed by atoms with Gasteiger partial charge in [-0.2, -0.15) is 0 Å². The van der Waals surface area contributed by atoms with Gasteiger partial charge in [0.15, 0.2) is 0 Å². The van der Waals surface area contributed by atoms with Crippen LogP contribution in [0.4, 0.5) is 4.39 Å². The molecule has 1 aromatic rings. The third-order valence-corrected chi connectivity index (χ3v) is 3.77. The highest BCUT2D eigenvalue weighted by Gasteiger charge is 2.16. The molecule has 1 saturated carbocycles. The molecule has 3 heteroatoms. The largest absolute Gasteiger partial charge is 0.384 e. The van der Waals surface area contributed by atoms with Crippen LogP contribution in [0.3, 0.4) is 0 Å². The maximum atomic E-state index is 13.6. The Labute approximate surface area is 120 Å². The molecule has 0 saturated heterocycles. The molecule has 1 N–H and O–H groups in total. The van der Waals surface area contributed by atoms with E-state index in [1.807, 2.05) is 6.07 Å². The van der Waals surface area contributed by atoms with E-state index in [1.165, 1.54) is 31.7 Å². The Bertz CT molecular complexity index is 497. The molecule has 2 rings (SSSR count). The average molecular weight is 275 g/mol. The lowest BCUT2D eigenvalue weighted by Gasteiger charge is -2.20. The number of nitrogens with zero attached hydrogens (tertiary/aromatic N) is 1. The van der Waals surface area contributed by atoms with E-state index in [4.69, 9.17) is 5.11 Å². The van der Waals surface area contributed by atoms with Crippen LogP contribution in [0.25, 0.3) is 0 Å². The van der Waals surface area contributed by atoms with Gasteiger partial charge in [-0.05, 0) is 49.6 Å². The van der Waals surface area contributed by atoms with Gasteiger partial charge in [-0.1, -0.05) is 24.7 Å². The molecule has 0 amide bonds. The van der Waals surface area contributed by atoms with E-state index in [0.717, 1.165) is 24.6 Å². The van der Waals surface area contributed by atoms with Gasteiger partial charge >= 0.3 is 0 Å². The second-order valence-electron chi connectivity index (χ2n) is 5.66. The normalized spacial score (nSPS) is 15.4. The Balaban J connectivity index is 1.98. The number of benzene rings is 1.